The van der Waals surface area contributed by atoms with Gasteiger partial charge < -0.3 is 4.74 Å². The maximum atomic E-state index is 5.62. The normalized spacial score (nSPS) is 11.3. The van der Waals surface area contributed by atoms with Crippen LogP contribution in [0.5, 0.6) is 5.75 Å². The SMILES string of the molecule is C[Si](C)(C)CCOc1ccccc1. The third kappa shape index (κ3) is 4.73. The Hall–Kier alpha value is -0.763. The molecule has 1 rings (SSSR count). The second kappa shape index (κ2) is 4.47. The molecular formula is C11H18OSi. The first-order chi connectivity index (χ1) is 6.08. The Balaban J connectivity index is 2.29. The van der Waals surface area contributed by atoms with Crippen LogP contribution in [-0.4, -0.2) is 14.7 Å². The van der Waals surface area contributed by atoms with Crippen molar-refractivity contribution in [1.29, 1.82) is 0 Å². The highest BCUT2D eigenvalue weighted by Gasteiger charge is 2.12. The Bertz CT molecular complexity index is 238. The molecule has 0 unspecified atom stereocenters. The lowest BCUT2D eigenvalue weighted by atomic mass is 10.3. The molecule has 0 saturated carbocycles. The number of rotatable bonds is 4. The van der Waals surface area contributed by atoms with E-state index < -0.39 is 8.07 Å². The van der Waals surface area contributed by atoms with Crippen LogP contribution < -0.4 is 4.74 Å². The van der Waals surface area contributed by atoms with Crippen LogP contribution in [0.3, 0.4) is 0 Å². The van der Waals surface area contributed by atoms with Crippen LogP contribution in [0.2, 0.25) is 25.7 Å². The van der Waals surface area contributed by atoms with E-state index in [2.05, 4.69) is 19.6 Å². The second-order valence-electron chi connectivity index (χ2n) is 4.47. The Kier molecular flexibility index (Phi) is 3.55. The van der Waals surface area contributed by atoms with Gasteiger partial charge in [-0.2, -0.15) is 0 Å². The molecule has 2 heteroatoms. The van der Waals surface area contributed by atoms with Gasteiger partial charge in [0.25, 0.3) is 0 Å². The first-order valence-corrected chi connectivity index (χ1v) is 8.46. The van der Waals surface area contributed by atoms with Crippen molar-refractivity contribution in [3.8, 4) is 5.75 Å². The summed E-state index contributed by atoms with van der Waals surface area (Å²) in [5, 5.41) is 0. The molecule has 0 amide bonds. The van der Waals surface area contributed by atoms with E-state index in [0.717, 1.165) is 12.4 Å². The first kappa shape index (κ1) is 10.3. The van der Waals surface area contributed by atoms with Gasteiger partial charge in [0.1, 0.15) is 5.75 Å². The average molecular weight is 194 g/mol. The fourth-order valence-electron chi connectivity index (χ4n) is 0.992. The van der Waals surface area contributed by atoms with Crippen molar-refractivity contribution in [2.24, 2.45) is 0 Å². The maximum absolute atomic E-state index is 5.62. The minimum Gasteiger partial charge on any atom is -0.494 e. The van der Waals surface area contributed by atoms with Gasteiger partial charge in [-0.3, -0.25) is 0 Å². The second-order valence-corrected chi connectivity index (χ2v) is 10.1. The Labute approximate surface area is 81.8 Å². The lowest BCUT2D eigenvalue weighted by Gasteiger charge is -2.15. The number of para-hydroxylation sites is 1. The third-order valence-corrected chi connectivity index (χ3v) is 3.57. The summed E-state index contributed by atoms with van der Waals surface area (Å²) >= 11 is 0. The number of hydrogen-bond donors (Lipinski definition) is 0. The van der Waals surface area contributed by atoms with E-state index in [1.807, 2.05) is 30.3 Å². The van der Waals surface area contributed by atoms with Gasteiger partial charge in [0.2, 0.25) is 0 Å². The van der Waals surface area contributed by atoms with E-state index in [4.69, 9.17) is 4.74 Å². The first-order valence-electron chi connectivity index (χ1n) is 4.76. The number of hydrogen-bond acceptors (Lipinski definition) is 1. The highest BCUT2D eigenvalue weighted by atomic mass is 28.3. The summed E-state index contributed by atoms with van der Waals surface area (Å²) in [4.78, 5) is 0. The molecule has 0 radical (unpaired) electrons. The van der Waals surface area contributed by atoms with Crippen LogP contribution in [0.15, 0.2) is 30.3 Å². The minimum absolute atomic E-state index is 0.861. The Morgan fingerprint density at radius 3 is 2.23 bits per heavy atom. The van der Waals surface area contributed by atoms with Crippen molar-refractivity contribution in [3.05, 3.63) is 30.3 Å². The summed E-state index contributed by atoms with van der Waals surface area (Å²) in [6.07, 6.45) is 0. The molecule has 1 aromatic carbocycles. The molecule has 13 heavy (non-hydrogen) atoms. The number of ether oxygens (including phenoxy) is 1. The van der Waals surface area contributed by atoms with Crippen LogP contribution in [0.4, 0.5) is 0 Å². The Morgan fingerprint density at radius 2 is 1.69 bits per heavy atom. The predicted molar refractivity (Wildman–Crippen MR) is 60.1 cm³/mol. The summed E-state index contributed by atoms with van der Waals surface area (Å²) in [6.45, 7) is 7.95. The lowest BCUT2D eigenvalue weighted by Crippen LogP contribution is -2.22. The summed E-state index contributed by atoms with van der Waals surface area (Å²) < 4.78 is 5.62. The highest BCUT2D eigenvalue weighted by Crippen LogP contribution is 2.12. The van der Waals surface area contributed by atoms with E-state index in [1.165, 1.54) is 6.04 Å². The van der Waals surface area contributed by atoms with Gasteiger partial charge in [-0.15, -0.1) is 0 Å². The average Bonchev–Trinajstić information content (AvgIpc) is 2.04. The fraction of sp³-hybridized carbons (Fsp3) is 0.455. The van der Waals surface area contributed by atoms with Gasteiger partial charge in [-0.1, -0.05) is 37.8 Å². The molecule has 0 aliphatic carbocycles. The largest absolute Gasteiger partial charge is 0.494 e. The van der Waals surface area contributed by atoms with E-state index in [-0.39, 0.29) is 0 Å². The van der Waals surface area contributed by atoms with Crippen molar-refractivity contribution < 1.29 is 4.74 Å². The van der Waals surface area contributed by atoms with Crippen LogP contribution in [0, 0.1) is 0 Å². The van der Waals surface area contributed by atoms with Crippen molar-refractivity contribution in [3.63, 3.8) is 0 Å². The van der Waals surface area contributed by atoms with Crippen molar-refractivity contribution in [2.75, 3.05) is 6.61 Å². The van der Waals surface area contributed by atoms with E-state index in [9.17, 15) is 0 Å². The van der Waals surface area contributed by atoms with Crippen LogP contribution in [0.1, 0.15) is 0 Å². The molecule has 1 nitrogen and oxygen atoms in total. The van der Waals surface area contributed by atoms with Gasteiger partial charge >= 0.3 is 0 Å². The molecule has 1 aromatic rings. The van der Waals surface area contributed by atoms with E-state index in [1.54, 1.807) is 0 Å². The summed E-state index contributed by atoms with van der Waals surface area (Å²) in [5.41, 5.74) is 0. The van der Waals surface area contributed by atoms with Gasteiger partial charge in [0.05, 0.1) is 6.61 Å². The zero-order valence-electron chi connectivity index (χ0n) is 8.71. The zero-order chi connectivity index (χ0) is 9.73. The molecule has 0 saturated heterocycles. The molecule has 0 aromatic heterocycles. The van der Waals surface area contributed by atoms with Crippen LogP contribution >= 0.6 is 0 Å². The number of benzene rings is 1. The lowest BCUT2D eigenvalue weighted by molar-refractivity contribution is 0.338. The topological polar surface area (TPSA) is 9.23 Å². The molecule has 0 fully saturated rings. The summed E-state index contributed by atoms with van der Waals surface area (Å²) in [7, 11) is -0.936. The molecule has 0 atom stereocenters. The van der Waals surface area contributed by atoms with Crippen molar-refractivity contribution in [1.82, 2.24) is 0 Å². The standard InChI is InChI=1S/C11H18OSi/c1-13(2,3)10-9-12-11-7-5-4-6-8-11/h4-8H,9-10H2,1-3H3. The smallest absolute Gasteiger partial charge is 0.119 e. The van der Waals surface area contributed by atoms with Gasteiger partial charge in [0.15, 0.2) is 0 Å². The Morgan fingerprint density at radius 1 is 1.08 bits per heavy atom. The monoisotopic (exact) mass is 194 g/mol. The third-order valence-electron chi connectivity index (χ3n) is 1.86. The van der Waals surface area contributed by atoms with Gasteiger partial charge in [0, 0.05) is 8.07 Å². The molecular weight excluding hydrogens is 176 g/mol. The minimum atomic E-state index is -0.936. The predicted octanol–water partition coefficient (Wildman–Crippen LogP) is 3.40. The molecule has 0 aliphatic rings. The molecule has 0 bridgehead atoms. The maximum Gasteiger partial charge on any atom is 0.119 e. The van der Waals surface area contributed by atoms with Crippen LogP contribution in [0.25, 0.3) is 0 Å². The molecule has 0 aliphatic heterocycles. The summed E-state index contributed by atoms with van der Waals surface area (Å²) in [6, 6.07) is 11.2. The van der Waals surface area contributed by atoms with E-state index in [0.29, 0.717) is 0 Å². The van der Waals surface area contributed by atoms with Crippen molar-refractivity contribution in [2.45, 2.75) is 25.7 Å². The molecule has 0 spiro atoms. The quantitative estimate of drug-likeness (QED) is 0.667. The summed E-state index contributed by atoms with van der Waals surface area (Å²) in [5.74, 6) is 0.987. The molecule has 0 N–H and O–H groups in total. The van der Waals surface area contributed by atoms with E-state index >= 15 is 0 Å². The zero-order valence-corrected chi connectivity index (χ0v) is 9.71. The molecule has 72 valence electrons. The molecule has 0 heterocycles. The van der Waals surface area contributed by atoms with Gasteiger partial charge in [-0.25, -0.2) is 0 Å². The fourth-order valence-corrected chi connectivity index (χ4v) is 1.71. The van der Waals surface area contributed by atoms with Crippen LogP contribution in [-0.2, 0) is 0 Å². The van der Waals surface area contributed by atoms with Crippen molar-refractivity contribution >= 4 is 8.07 Å². The van der Waals surface area contributed by atoms with Gasteiger partial charge in [-0.05, 0) is 18.2 Å². The highest BCUT2D eigenvalue weighted by molar-refractivity contribution is 6.76.